The maximum atomic E-state index is 11.6. The van der Waals surface area contributed by atoms with E-state index in [0.29, 0.717) is 5.02 Å². The SMILES string of the molecule is O=C(O)c1ccc(Cl)c(OCc2ccccc2)c1OCc1ccccc1. The minimum atomic E-state index is -1.10. The first-order valence-electron chi connectivity index (χ1n) is 8.04. The molecule has 3 aromatic carbocycles. The maximum Gasteiger partial charge on any atom is 0.339 e. The third kappa shape index (κ3) is 4.35. The standard InChI is InChI=1S/C21H17ClO4/c22-18-12-11-17(21(23)24)19(25-13-15-7-3-1-4-8-15)20(18)26-14-16-9-5-2-6-10-16/h1-12H,13-14H2,(H,23,24). The topological polar surface area (TPSA) is 55.8 Å². The van der Waals surface area contributed by atoms with Crippen molar-refractivity contribution in [2.45, 2.75) is 13.2 Å². The van der Waals surface area contributed by atoms with Gasteiger partial charge in [-0.2, -0.15) is 0 Å². The van der Waals surface area contributed by atoms with Gasteiger partial charge in [0.2, 0.25) is 0 Å². The average molecular weight is 369 g/mol. The summed E-state index contributed by atoms with van der Waals surface area (Å²) in [4.78, 5) is 11.6. The lowest BCUT2D eigenvalue weighted by Crippen LogP contribution is -2.07. The second-order valence-electron chi connectivity index (χ2n) is 5.61. The summed E-state index contributed by atoms with van der Waals surface area (Å²) in [7, 11) is 0. The molecule has 3 rings (SSSR count). The van der Waals surface area contributed by atoms with Crippen LogP contribution in [0.3, 0.4) is 0 Å². The van der Waals surface area contributed by atoms with E-state index in [1.165, 1.54) is 12.1 Å². The highest BCUT2D eigenvalue weighted by molar-refractivity contribution is 6.32. The van der Waals surface area contributed by atoms with Crippen LogP contribution in [0.15, 0.2) is 72.8 Å². The number of carboxylic acids is 1. The van der Waals surface area contributed by atoms with Crippen molar-refractivity contribution in [2.75, 3.05) is 0 Å². The molecular weight excluding hydrogens is 352 g/mol. The molecule has 0 atom stereocenters. The van der Waals surface area contributed by atoms with E-state index in [1.807, 2.05) is 60.7 Å². The Morgan fingerprint density at radius 2 is 1.27 bits per heavy atom. The van der Waals surface area contributed by atoms with Crippen LogP contribution in [0.2, 0.25) is 5.02 Å². The summed E-state index contributed by atoms with van der Waals surface area (Å²) in [6, 6.07) is 21.9. The van der Waals surface area contributed by atoms with Gasteiger partial charge >= 0.3 is 5.97 Å². The molecule has 0 spiro atoms. The molecule has 0 aliphatic heterocycles. The van der Waals surface area contributed by atoms with Crippen LogP contribution in [0.5, 0.6) is 11.5 Å². The van der Waals surface area contributed by atoms with Gasteiger partial charge in [-0.1, -0.05) is 72.3 Å². The average Bonchev–Trinajstić information content (AvgIpc) is 2.67. The molecule has 132 valence electrons. The third-order valence-electron chi connectivity index (χ3n) is 3.75. The van der Waals surface area contributed by atoms with Crippen molar-refractivity contribution in [3.8, 4) is 11.5 Å². The number of rotatable bonds is 7. The molecule has 0 aliphatic rings. The fraction of sp³-hybridized carbons (Fsp3) is 0.0952. The first-order chi connectivity index (χ1) is 12.6. The first-order valence-corrected chi connectivity index (χ1v) is 8.42. The van der Waals surface area contributed by atoms with Crippen LogP contribution >= 0.6 is 11.6 Å². The Balaban J connectivity index is 1.88. The van der Waals surface area contributed by atoms with Gasteiger partial charge in [0, 0.05) is 0 Å². The van der Waals surface area contributed by atoms with E-state index in [2.05, 4.69) is 0 Å². The van der Waals surface area contributed by atoms with E-state index in [-0.39, 0.29) is 30.3 Å². The number of halogens is 1. The summed E-state index contributed by atoms with van der Waals surface area (Å²) in [5, 5.41) is 9.78. The highest BCUT2D eigenvalue weighted by atomic mass is 35.5. The predicted molar refractivity (Wildman–Crippen MR) is 100.0 cm³/mol. The van der Waals surface area contributed by atoms with Crippen LogP contribution in [0, 0.1) is 0 Å². The molecule has 4 nitrogen and oxygen atoms in total. The molecule has 0 aromatic heterocycles. The predicted octanol–water partition coefficient (Wildman–Crippen LogP) is 5.20. The van der Waals surface area contributed by atoms with E-state index in [1.54, 1.807) is 0 Å². The number of hydrogen-bond acceptors (Lipinski definition) is 3. The van der Waals surface area contributed by atoms with Gasteiger partial charge in [-0.15, -0.1) is 0 Å². The molecule has 0 radical (unpaired) electrons. The molecule has 1 N–H and O–H groups in total. The van der Waals surface area contributed by atoms with Crippen molar-refractivity contribution in [3.05, 3.63) is 94.5 Å². The van der Waals surface area contributed by atoms with Gasteiger partial charge < -0.3 is 14.6 Å². The summed E-state index contributed by atoms with van der Waals surface area (Å²) in [5.74, 6) is -0.745. The Morgan fingerprint density at radius 3 is 1.77 bits per heavy atom. The fourth-order valence-electron chi connectivity index (χ4n) is 2.44. The second kappa shape index (κ2) is 8.41. The van der Waals surface area contributed by atoms with E-state index in [0.717, 1.165) is 11.1 Å². The van der Waals surface area contributed by atoms with Crippen LogP contribution in [0.25, 0.3) is 0 Å². The molecular formula is C21H17ClO4. The minimum absolute atomic E-state index is 0.00777. The van der Waals surface area contributed by atoms with Crippen LogP contribution in [-0.4, -0.2) is 11.1 Å². The Hall–Kier alpha value is -2.98. The highest BCUT2D eigenvalue weighted by Crippen LogP contribution is 2.39. The number of benzene rings is 3. The Kier molecular flexibility index (Phi) is 5.77. The molecule has 0 fully saturated rings. The van der Waals surface area contributed by atoms with Gasteiger partial charge in [0.05, 0.1) is 5.02 Å². The lowest BCUT2D eigenvalue weighted by atomic mass is 10.1. The summed E-state index contributed by atoms with van der Waals surface area (Å²) < 4.78 is 11.6. The normalized spacial score (nSPS) is 10.3. The Labute approximate surface area is 156 Å². The van der Waals surface area contributed by atoms with Crippen LogP contribution in [0.4, 0.5) is 0 Å². The molecule has 0 aliphatic carbocycles. The molecule has 0 saturated carbocycles. The molecule has 0 bridgehead atoms. The zero-order valence-corrected chi connectivity index (χ0v) is 14.6. The van der Waals surface area contributed by atoms with Crippen molar-refractivity contribution in [1.82, 2.24) is 0 Å². The largest absolute Gasteiger partial charge is 0.484 e. The maximum absolute atomic E-state index is 11.6. The number of hydrogen-bond donors (Lipinski definition) is 1. The fourth-order valence-corrected chi connectivity index (χ4v) is 2.65. The zero-order chi connectivity index (χ0) is 18.4. The number of carbonyl (C=O) groups is 1. The molecule has 26 heavy (non-hydrogen) atoms. The van der Waals surface area contributed by atoms with Crippen molar-refractivity contribution in [2.24, 2.45) is 0 Å². The third-order valence-corrected chi connectivity index (χ3v) is 4.04. The van der Waals surface area contributed by atoms with Crippen LogP contribution in [-0.2, 0) is 13.2 Å². The first kappa shape index (κ1) is 17.8. The molecule has 5 heteroatoms. The van der Waals surface area contributed by atoms with Crippen molar-refractivity contribution in [3.63, 3.8) is 0 Å². The smallest absolute Gasteiger partial charge is 0.339 e. The van der Waals surface area contributed by atoms with Crippen LogP contribution < -0.4 is 9.47 Å². The Bertz CT molecular complexity index is 879. The minimum Gasteiger partial charge on any atom is -0.484 e. The second-order valence-corrected chi connectivity index (χ2v) is 6.01. The van der Waals surface area contributed by atoms with Gasteiger partial charge in [0.1, 0.15) is 18.8 Å². The molecule has 3 aromatic rings. The number of carboxylic acid groups (broad SMARTS) is 1. The number of ether oxygens (including phenoxy) is 2. The highest BCUT2D eigenvalue weighted by Gasteiger charge is 2.20. The van der Waals surface area contributed by atoms with Crippen molar-refractivity contribution < 1.29 is 19.4 Å². The monoisotopic (exact) mass is 368 g/mol. The quantitative estimate of drug-likeness (QED) is 0.623. The van der Waals surface area contributed by atoms with Gasteiger partial charge in [-0.05, 0) is 23.3 Å². The van der Waals surface area contributed by atoms with E-state index in [4.69, 9.17) is 21.1 Å². The summed E-state index contributed by atoms with van der Waals surface area (Å²) in [6.07, 6.45) is 0. The molecule has 0 unspecified atom stereocenters. The van der Waals surface area contributed by atoms with Gasteiger partial charge in [-0.25, -0.2) is 4.79 Å². The lowest BCUT2D eigenvalue weighted by Gasteiger charge is -2.16. The Morgan fingerprint density at radius 1 is 0.769 bits per heavy atom. The van der Waals surface area contributed by atoms with E-state index in [9.17, 15) is 9.90 Å². The summed E-state index contributed by atoms with van der Waals surface area (Å²) in [5.41, 5.74) is 1.87. The van der Waals surface area contributed by atoms with E-state index < -0.39 is 5.97 Å². The van der Waals surface area contributed by atoms with Crippen LogP contribution in [0.1, 0.15) is 21.5 Å². The molecule has 0 saturated heterocycles. The molecule has 0 heterocycles. The van der Waals surface area contributed by atoms with Gasteiger partial charge in [0.15, 0.2) is 11.5 Å². The van der Waals surface area contributed by atoms with Gasteiger partial charge in [0.25, 0.3) is 0 Å². The van der Waals surface area contributed by atoms with Crippen molar-refractivity contribution in [1.29, 1.82) is 0 Å². The lowest BCUT2D eigenvalue weighted by molar-refractivity contribution is 0.0690. The number of aromatic carboxylic acids is 1. The van der Waals surface area contributed by atoms with E-state index >= 15 is 0 Å². The van der Waals surface area contributed by atoms with Gasteiger partial charge in [-0.3, -0.25) is 0 Å². The molecule has 0 amide bonds. The zero-order valence-electron chi connectivity index (χ0n) is 13.9. The van der Waals surface area contributed by atoms with Crippen molar-refractivity contribution >= 4 is 17.6 Å². The summed E-state index contributed by atoms with van der Waals surface area (Å²) >= 11 is 6.26. The summed E-state index contributed by atoms with van der Waals surface area (Å²) in [6.45, 7) is 0.467.